The molecule has 0 N–H and O–H groups in total. The van der Waals surface area contributed by atoms with Gasteiger partial charge in [0.2, 0.25) is 0 Å². The number of nitrogens with zero attached hydrogens (tertiary/aromatic N) is 2. The second-order valence-electron chi connectivity index (χ2n) is 7.09. The third-order valence-electron chi connectivity index (χ3n) is 4.90. The lowest BCUT2D eigenvalue weighted by Crippen LogP contribution is -2.25. The first-order valence-corrected chi connectivity index (χ1v) is 12.4. The van der Waals surface area contributed by atoms with Crippen molar-refractivity contribution in [3.8, 4) is 17.7 Å². The average molecular weight is 495 g/mol. The maximum atomic E-state index is 13.4. The molecule has 4 aromatic rings. The van der Waals surface area contributed by atoms with Crippen LogP contribution in [0.3, 0.4) is 0 Å². The second-order valence-corrected chi connectivity index (χ2v) is 10.1. The first kappa shape index (κ1) is 23.3. The van der Waals surface area contributed by atoms with E-state index in [1.165, 1.54) is 37.4 Å². The van der Waals surface area contributed by atoms with E-state index in [2.05, 4.69) is 12.0 Å². The van der Waals surface area contributed by atoms with Crippen LogP contribution in [0, 0.1) is 17.8 Å². The van der Waals surface area contributed by atoms with Crippen LogP contribution in [0.4, 0.5) is 4.39 Å². The van der Waals surface area contributed by atoms with E-state index in [1.807, 2.05) is 0 Å². The highest BCUT2D eigenvalue weighted by atomic mass is 32.2. The van der Waals surface area contributed by atoms with Gasteiger partial charge in [-0.2, -0.15) is 8.42 Å². The Balaban J connectivity index is 1.82. The smallest absolute Gasteiger partial charge is 0.340 e. The van der Waals surface area contributed by atoms with Crippen LogP contribution in [-0.2, 0) is 21.3 Å². The molecule has 172 valence electrons. The average Bonchev–Trinajstić information content (AvgIpc) is 3.57. The number of carbonyl (C=O) groups is 1. The molecule has 0 bridgehead atoms. The Morgan fingerprint density at radius 1 is 1.06 bits per heavy atom. The van der Waals surface area contributed by atoms with Crippen molar-refractivity contribution in [2.45, 2.75) is 10.8 Å². The molecule has 34 heavy (non-hydrogen) atoms. The zero-order valence-electron chi connectivity index (χ0n) is 18.0. The highest BCUT2D eigenvalue weighted by Gasteiger charge is 2.24. The van der Waals surface area contributed by atoms with Crippen molar-refractivity contribution >= 4 is 27.3 Å². The summed E-state index contributed by atoms with van der Waals surface area (Å²) >= 11 is 1.08. The fourth-order valence-electron chi connectivity index (χ4n) is 3.26. The van der Waals surface area contributed by atoms with Crippen molar-refractivity contribution in [1.29, 1.82) is 0 Å². The molecule has 2 aromatic heterocycles. The summed E-state index contributed by atoms with van der Waals surface area (Å²) in [5.74, 6) is 1.96. The number of carbonyl (C=O) groups excluding carboxylic acids is 1. The molecule has 0 amide bonds. The molecule has 0 radical (unpaired) electrons. The summed E-state index contributed by atoms with van der Waals surface area (Å²) in [4.78, 5) is 12.4. The van der Waals surface area contributed by atoms with E-state index < -0.39 is 21.8 Å². The van der Waals surface area contributed by atoms with Crippen LogP contribution in [-0.4, -0.2) is 30.4 Å². The number of thiophene rings is 1. The summed E-state index contributed by atoms with van der Waals surface area (Å²) < 4.78 is 47.8. The van der Waals surface area contributed by atoms with Crippen LogP contribution in [0.2, 0.25) is 0 Å². The van der Waals surface area contributed by atoms with Gasteiger partial charge in [-0.3, -0.25) is 0 Å². The van der Waals surface area contributed by atoms with Gasteiger partial charge < -0.3 is 9.30 Å². The molecule has 0 saturated heterocycles. The summed E-state index contributed by atoms with van der Waals surface area (Å²) in [5.41, 5.74) is 1.77. The van der Waals surface area contributed by atoms with Gasteiger partial charge >= 0.3 is 5.97 Å². The number of methoxy groups -OCH3 is 1. The monoisotopic (exact) mass is 494 g/mol. The fourth-order valence-corrected chi connectivity index (χ4v) is 5.59. The van der Waals surface area contributed by atoms with Crippen LogP contribution in [0.5, 0.6) is 0 Å². The number of benzene rings is 2. The number of rotatable bonds is 6. The third kappa shape index (κ3) is 4.88. The van der Waals surface area contributed by atoms with Gasteiger partial charge in [0.15, 0.2) is 0 Å². The predicted molar refractivity (Wildman–Crippen MR) is 127 cm³/mol. The number of esters is 1. The van der Waals surface area contributed by atoms with E-state index in [1.54, 1.807) is 58.7 Å². The maximum absolute atomic E-state index is 13.4. The van der Waals surface area contributed by atoms with E-state index in [9.17, 15) is 17.6 Å². The normalized spacial score (nSPS) is 10.9. The number of ether oxygens (including phenoxy) is 1. The zero-order chi connectivity index (χ0) is 24.1. The zero-order valence-corrected chi connectivity index (χ0v) is 19.6. The summed E-state index contributed by atoms with van der Waals surface area (Å²) in [6, 6.07) is 20.0. The molecule has 9 heteroatoms. The summed E-state index contributed by atoms with van der Waals surface area (Å²) in [6.45, 7) is -0.0803. The molecule has 0 unspecified atom stereocenters. The molecule has 0 saturated carbocycles. The standard InChI is InChI=1S/C25H19FN2O4S2/c1-32-25(29)22-7-4-6-20(24(22)27-14-2-3-15-27)13-16-28(18-19-9-11-21(26)12-10-19)34(30,31)23-8-5-17-33-23/h2-12,14-15,17H,18H2,1H3. The quantitative estimate of drug-likeness (QED) is 0.222. The topological polar surface area (TPSA) is 68.6 Å². The SMILES string of the molecule is COC(=O)c1cccc(C#CN(Cc2ccc(F)cc2)S(=O)(=O)c2cccs2)c1-n1cccc1. The first-order valence-electron chi connectivity index (χ1n) is 10.1. The summed E-state index contributed by atoms with van der Waals surface area (Å²) in [5, 5.41) is 1.67. The number of halogens is 1. The number of hydrogen-bond acceptors (Lipinski definition) is 5. The van der Waals surface area contributed by atoms with Crippen LogP contribution in [0.15, 0.2) is 88.7 Å². The van der Waals surface area contributed by atoms with Crippen LogP contribution in [0.25, 0.3) is 5.69 Å². The lowest BCUT2D eigenvalue weighted by Gasteiger charge is -2.17. The molecule has 0 aliphatic carbocycles. The van der Waals surface area contributed by atoms with Gasteiger partial charge in [0.1, 0.15) is 10.0 Å². The minimum atomic E-state index is -3.95. The molecule has 0 aliphatic rings. The molecule has 4 rings (SSSR count). The van der Waals surface area contributed by atoms with Crippen LogP contribution >= 0.6 is 11.3 Å². The summed E-state index contributed by atoms with van der Waals surface area (Å²) in [7, 11) is -2.66. The Hall–Kier alpha value is -3.87. The number of para-hydroxylation sites is 1. The second kappa shape index (κ2) is 9.95. The molecule has 0 fully saturated rings. The van der Waals surface area contributed by atoms with Gasteiger partial charge in [0.05, 0.1) is 30.5 Å². The molecule has 0 spiro atoms. The predicted octanol–water partition coefficient (Wildman–Crippen LogP) is 4.66. The van der Waals surface area contributed by atoms with Crippen molar-refractivity contribution in [1.82, 2.24) is 8.87 Å². The van der Waals surface area contributed by atoms with Crippen LogP contribution in [0.1, 0.15) is 21.5 Å². The van der Waals surface area contributed by atoms with E-state index >= 15 is 0 Å². The Morgan fingerprint density at radius 3 is 2.44 bits per heavy atom. The molecular formula is C25H19FN2O4S2. The van der Waals surface area contributed by atoms with E-state index in [-0.39, 0.29) is 16.3 Å². The number of sulfonamides is 1. The maximum Gasteiger partial charge on any atom is 0.340 e. The van der Waals surface area contributed by atoms with Gasteiger partial charge in [0, 0.05) is 18.4 Å². The lowest BCUT2D eigenvalue weighted by molar-refractivity contribution is 0.0600. The first-order chi connectivity index (χ1) is 16.4. The number of aromatic nitrogens is 1. The Bertz CT molecular complexity index is 1450. The Labute approximate surface area is 200 Å². The lowest BCUT2D eigenvalue weighted by atomic mass is 10.1. The van der Waals surface area contributed by atoms with Gasteiger partial charge in [-0.25, -0.2) is 13.5 Å². The van der Waals surface area contributed by atoms with Gasteiger partial charge in [-0.15, -0.1) is 11.3 Å². The molecular weight excluding hydrogens is 475 g/mol. The molecule has 2 aromatic carbocycles. The van der Waals surface area contributed by atoms with Crippen LogP contribution < -0.4 is 0 Å². The largest absolute Gasteiger partial charge is 0.465 e. The highest BCUT2D eigenvalue weighted by molar-refractivity contribution is 7.91. The van der Waals surface area contributed by atoms with Gasteiger partial charge in [0.25, 0.3) is 10.0 Å². The molecule has 6 nitrogen and oxygen atoms in total. The van der Waals surface area contributed by atoms with Crippen molar-refractivity contribution in [2.24, 2.45) is 0 Å². The fraction of sp³-hybridized carbons (Fsp3) is 0.0800. The molecule has 0 atom stereocenters. The Morgan fingerprint density at radius 2 is 1.79 bits per heavy atom. The van der Waals surface area contributed by atoms with E-state index in [0.717, 1.165) is 15.6 Å². The Kier molecular flexibility index (Phi) is 6.82. The highest BCUT2D eigenvalue weighted by Crippen LogP contribution is 2.24. The minimum Gasteiger partial charge on any atom is -0.465 e. The van der Waals surface area contributed by atoms with Crippen molar-refractivity contribution in [3.05, 3.63) is 107 Å². The van der Waals surface area contributed by atoms with Crippen molar-refractivity contribution in [2.75, 3.05) is 7.11 Å². The van der Waals surface area contributed by atoms with Gasteiger partial charge in [-0.1, -0.05) is 24.3 Å². The molecule has 0 aliphatic heterocycles. The molecule has 2 heterocycles. The van der Waals surface area contributed by atoms with Crippen molar-refractivity contribution < 1.29 is 22.3 Å². The van der Waals surface area contributed by atoms with Crippen molar-refractivity contribution in [3.63, 3.8) is 0 Å². The summed E-state index contributed by atoms with van der Waals surface area (Å²) in [6.07, 6.45) is 3.51. The number of hydrogen-bond donors (Lipinski definition) is 0. The third-order valence-corrected chi connectivity index (χ3v) is 7.93. The van der Waals surface area contributed by atoms with E-state index in [4.69, 9.17) is 4.74 Å². The van der Waals surface area contributed by atoms with E-state index in [0.29, 0.717) is 16.8 Å². The minimum absolute atomic E-state index is 0.0803. The van der Waals surface area contributed by atoms with Gasteiger partial charge in [-0.05, 0) is 59.3 Å².